The second-order valence-corrected chi connectivity index (χ2v) is 4.87. The first kappa shape index (κ1) is 11.6. The summed E-state index contributed by atoms with van der Waals surface area (Å²) in [6, 6.07) is 8.87. The van der Waals surface area contributed by atoms with E-state index in [2.05, 4.69) is 24.4 Å². The van der Waals surface area contributed by atoms with Crippen LogP contribution in [-0.4, -0.2) is 11.1 Å². The van der Waals surface area contributed by atoms with E-state index in [1.165, 1.54) is 24.8 Å². The fourth-order valence-corrected chi connectivity index (χ4v) is 2.46. The first-order valence-corrected chi connectivity index (χ1v) is 6.21. The highest BCUT2D eigenvalue weighted by molar-refractivity contribution is 5.21. The van der Waals surface area contributed by atoms with Crippen LogP contribution in [0.25, 0.3) is 0 Å². The predicted molar refractivity (Wildman–Crippen MR) is 66.0 cm³/mol. The van der Waals surface area contributed by atoms with E-state index in [0.717, 1.165) is 18.0 Å². The van der Waals surface area contributed by atoms with Crippen LogP contribution in [0, 0.1) is 5.92 Å². The molecule has 2 atom stereocenters. The fraction of sp³-hybridized carbons (Fsp3) is 0.571. The molecule has 16 heavy (non-hydrogen) atoms. The van der Waals surface area contributed by atoms with Crippen molar-refractivity contribution >= 4 is 0 Å². The molecule has 1 saturated carbocycles. The zero-order chi connectivity index (χ0) is 11.4. The van der Waals surface area contributed by atoms with Gasteiger partial charge in [-0.25, -0.2) is 0 Å². The normalized spacial score (nSPS) is 24.9. The van der Waals surface area contributed by atoms with E-state index < -0.39 is 0 Å². The number of aliphatic hydroxyl groups excluding tert-OH is 1. The lowest BCUT2D eigenvalue weighted by atomic mass is 10.1. The van der Waals surface area contributed by atoms with Gasteiger partial charge in [0.2, 0.25) is 0 Å². The third kappa shape index (κ3) is 2.83. The molecule has 0 aliphatic heterocycles. The van der Waals surface area contributed by atoms with Crippen molar-refractivity contribution in [3.63, 3.8) is 0 Å². The zero-order valence-electron chi connectivity index (χ0n) is 9.95. The molecule has 1 aliphatic rings. The Bertz CT molecular complexity index is 320. The third-order valence-corrected chi connectivity index (χ3v) is 3.64. The van der Waals surface area contributed by atoms with Gasteiger partial charge in [-0.15, -0.1) is 0 Å². The van der Waals surface area contributed by atoms with Gasteiger partial charge in [-0.05, 0) is 29.9 Å². The number of hydrogen-bond acceptors (Lipinski definition) is 2. The van der Waals surface area contributed by atoms with E-state index in [1.54, 1.807) is 0 Å². The highest BCUT2D eigenvalue weighted by atomic mass is 16.3. The van der Waals surface area contributed by atoms with Gasteiger partial charge in [-0.3, -0.25) is 0 Å². The molecule has 0 aromatic heterocycles. The first-order chi connectivity index (χ1) is 7.79. The highest BCUT2D eigenvalue weighted by Crippen LogP contribution is 2.24. The van der Waals surface area contributed by atoms with Gasteiger partial charge < -0.3 is 10.4 Å². The van der Waals surface area contributed by atoms with Crippen molar-refractivity contribution in [3.05, 3.63) is 35.4 Å². The van der Waals surface area contributed by atoms with E-state index in [4.69, 9.17) is 5.11 Å². The summed E-state index contributed by atoms with van der Waals surface area (Å²) in [5.41, 5.74) is 2.29. The molecule has 2 heteroatoms. The molecule has 1 aromatic rings. The maximum Gasteiger partial charge on any atom is 0.0681 e. The molecule has 1 aliphatic carbocycles. The van der Waals surface area contributed by atoms with Gasteiger partial charge in [0.25, 0.3) is 0 Å². The summed E-state index contributed by atoms with van der Waals surface area (Å²) in [6.07, 6.45) is 4.04. The van der Waals surface area contributed by atoms with E-state index in [1.807, 2.05) is 12.1 Å². The predicted octanol–water partition coefficient (Wildman–Crippen LogP) is 2.46. The summed E-state index contributed by atoms with van der Waals surface area (Å²) in [7, 11) is 0. The van der Waals surface area contributed by atoms with Crippen molar-refractivity contribution in [1.82, 2.24) is 5.32 Å². The SMILES string of the molecule is CC1CCCC1NCc1ccc(CO)cc1. The number of aliphatic hydroxyl groups is 1. The molecule has 0 spiro atoms. The molecule has 1 aromatic carbocycles. The van der Waals surface area contributed by atoms with Gasteiger partial charge >= 0.3 is 0 Å². The zero-order valence-corrected chi connectivity index (χ0v) is 9.95. The molecule has 2 nitrogen and oxygen atoms in total. The molecule has 2 unspecified atom stereocenters. The molecule has 0 radical (unpaired) electrons. The maximum absolute atomic E-state index is 8.95. The molecular formula is C14H21NO. The molecule has 88 valence electrons. The molecule has 1 fully saturated rings. The Morgan fingerprint density at radius 2 is 1.88 bits per heavy atom. The van der Waals surface area contributed by atoms with Gasteiger partial charge in [-0.2, -0.15) is 0 Å². The lowest BCUT2D eigenvalue weighted by Crippen LogP contribution is -2.30. The summed E-state index contributed by atoms with van der Waals surface area (Å²) in [5.74, 6) is 0.816. The highest BCUT2D eigenvalue weighted by Gasteiger charge is 2.22. The largest absolute Gasteiger partial charge is 0.392 e. The Hall–Kier alpha value is -0.860. The quantitative estimate of drug-likeness (QED) is 0.815. The number of nitrogens with one attached hydrogen (secondary N) is 1. The second kappa shape index (κ2) is 5.46. The van der Waals surface area contributed by atoms with Crippen LogP contribution in [0.4, 0.5) is 0 Å². The summed E-state index contributed by atoms with van der Waals surface area (Å²) in [4.78, 5) is 0. The van der Waals surface area contributed by atoms with Crippen LogP contribution in [0.5, 0.6) is 0 Å². The third-order valence-electron chi connectivity index (χ3n) is 3.64. The van der Waals surface area contributed by atoms with E-state index >= 15 is 0 Å². The van der Waals surface area contributed by atoms with Crippen LogP contribution in [0.1, 0.15) is 37.3 Å². The molecule has 0 saturated heterocycles. The lowest BCUT2D eigenvalue weighted by molar-refractivity contribution is 0.282. The average Bonchev–Trinajstić information content (AvgIpc) is 2.73. The van der Waals surface area contributed by atoms with Crippen molar-refractivity contribution in [1.29, 1.82) is 0 Å². The van der Waals surface area contributed by atoms with Gasteiger partial charge in [0, 0.05) is 12.6 Å². The molecule has 2 rings (SSSR count). The molecule has 0 amide bonds. The Morgan fingerprint density at radius 1 is 1.19 bits per heavy atom. The van der Waals surface area contributed by atoms with Crippen molar-refractivity contribution in [2.45, 2.75) is 45.4 Å². The first-order valence-electron chi connectivity index (χ1n) is 6.21. The van der Waals surface area contributed by atoms with Gasteiger partial charge in [0.05, 0.1) is 6.61 Å². The Labute approximate surface area is 97.7 Å². The topological polar surface area (TPSA) is 32.3 Å². The summed E-state index contributed by atoms with van der Waals surface area (Å²) in [5, 5.41) is 12.6. The van der Waals surface area contributed by atoms with Crippen LogP contribution >= 0.6 is 0 Å². The second-order valence-electron chi connectivity index (χ2n) is 4.87. The van der Waals surface area contributed by atoms with E-state index in [9.17, 15) is 0 Å². The van der Waals surface area contributed by atoms with Crippen LogP contribution in [0.2, 0.25) is 0 Å². The standard InChI is InChI=1S/C14H21NO/c1-11-3-2-4-14(11)15-9-12-5-7-13(10-16)8-6-12/h5-8,11,14-16H,2-4,9-10H2,1H3. The average molecular weight is 219 g/mol. The minimum atomic E-state index is 0.132. The van der Waals surface area contributed by atoms with Gasteiger partial charge in [-0.1, -0.05) is 37.6 Å². The maximum atomic E-state index is 8.95. The fourth-order valence-electron chi connectivity index (χ4n) is 2.46. The summed E-state index contributed by atoms with van der Waals surface area (Å²) in [6.45, 7) is 3.41. The number of hydrogen-bond donors (Lipinski definition) is 2. The smallest absolute Gasteiger partial charge is 0.0681 e. The van der Waals surface area contributed by atoms with Gasteiger partial charge in [0.15, 0.2) is 0 Å². The minimum absolute atomic E-state index is 0.132. The molecule has 0 bridgehead atoms. The van der Waals surface area contributed by atoms with Crippen LogP contribution in [0.3, 0.4) is 0 Å². The minimum Gasteiger partial charge on any atom is -0.392 e. The number of benzene rings is 1. The van der Waals surface area contributed by atoms with Crippen LogP contribution < -0.4 is 5.32 Å². The summed E-state index contributed by atoms with van der Waals surface area (Å²) >= 11 is 0. The van der Waals surface area contributed by atoms with E-state index in [0.29, 0.717) is 6.04 Å². The Balaban J connectivity index is 1.84. The van der Waals surface area contributed by atoms with Crippen molar-refractivity contribution in [2.24, 2.45) is 5.92 Å². The van der Waals surface area contributed by atoms with Gasteiger partial charge in [0.1, 0.15) is 0 Å². The molecule has 0 heterocycles. The number of rotatable bonds is 4. The van der Waals surface area contributed by atoms with Crippen molar-refractivity contribution in [3.8, 4) is 0 Å². The van der Waals surface area contributed by atoms with Crippen molar-refractivity contribution in [2.75, 3.05) is 0 Å². The van der Waals surface area contributed by atoms with Crippen LogP contribution in [0.15, 0.2) is 24.3 Å². The van der Waals surface area contributed by atoms with Crippen molar-refractivity contribution < 1.29 is 5.11 Å². The van der Waals surface area contributed by atoms with E-state index in [-0.39, 0.29) is 6.61 Å². The molecule has 2 N–H and O–H groups in total. The molecular weight excluding hydrogens is 198 g/mol. The Morgan fingerprint density at radius 3 is 2.44 bits per heavy atom. The monoisotopic (exact) mass is 219 g/mol. The summed E-state index contributed by atoms with van der Waals surface area (Å²) < 4.78 is 0. The Kier molecular flexibility index (Phi) is 3.97. The van der Waals surface area contributed by atoms with Crippen LogP contribution in [-0.2, 0) is 13.2 Å². The lowest BCUT2D eigenvalue weighted by Gasteiger charge is -2.17.